The first-order valence-corrected chi connectivity index (χ1v) is 5.84. The lowest BCUT2D eigenvalue weighted by Gasteiger charge is -2.31. The molecule has 0 aromatic carbocycles. The molecule has 3 nitrogen and oxygen atoms in total. The van der Waals surface area contributed by atoms with Crippen LogP contribution in [0.15, 0.2) is 0 Å². The molecule has 3 heteroatoms. The molecule has 1 fully saturated rings. The van der Waals surface area contributed by atoms with Gasteiger partial charge >= 0.3 is 0 Å². The quantitative estimate of drug-likeness (QED) is 0.705. The Kier molecular flexibility index (Phi) is 4.85. The second-order valence-electron chi connectivity index (χ2n) is 4.26. The number of hydrogen-bond acceptors (Lipinski definition) is 3. The first-order chi connectivity index (χ1) is 6.76. The molecule has 0 aromatic rings. The largest absolute Gasteiger partial charge is 0.394 e. The number of aliphatic hydroxyl groups excluding tert-OH is 1. The molecule has 2 N–H and O–H groups in total. The van der Waals surface area contributed by atoms with Gasteiger partial charge in [0.1, 0.15) is 0 Å². The van der Waals surface area contributed by atoms with Crippen molar-refractivity contribution in [3.05, 3.63) is 0 Å². The molecule has 1 heterocycles. The molecule has 0 aliphatic carbocycles. The summed E-state index contributed by atoms with van der Waals surface area (Å²) >= 11 is 0. The third-order valence-electron chi connectivity index (χ3n) is 3.34. The topological polar surface area (TPSA) is 35.5 Å². The van der Waals surface area contributed by atoms with E-state index in [1.165, 1.54) is 13.0 Å². The molecule has 0 radical (unpaired) electrons. The summed E-state index contributed by atoms with van der Waals surface area (Å²) in [5, 5.41) is 12.9. The molecule has 1 unspecified atom stereocenters. The fraction of sp³-hybridized carbons (Fsp3) is 1.00. The molecule has 1 atom stereocenters. The predicted molar refractivity (Wildman–Crippen MR) is 59.5 cm³/mol. The molecule has 1 aliphatic heterocycles. The molecule has 0 bridgehead atoms. The number of nitrogens with one attached hydrogen (secondary N) is 1. The molecular formula is C11H24N2O. The lowest BCUT2D eigenvalue weighted by atomic mass is 9.91. The van der Waals surface area contributed by atoms with Gasteiger partial charge in [0.15, 0.2) is 0 Å². The Morgan fingerprint density at radius 1 is 1.29 bits per heavy atom. The van der Waals surface area contributed by atoms with Crippen molar-refractivity contribution in [3.63, 3.8) is 0 Å². The van der Waals surface area contributed by atoms with Crippen LogP contribution in [0.4, 0.5) is 0 Å². The van der Waals surface area contributed by atoms with Crippen LogP contribution >= 0.6 is 0 Å². The number of aliphatic hydroxyl groups is 1. The number of nitrogens with zero attached hydrogens (tertiary/aromatic N) is 1. The Balaban J connectivity index is 2.52. The van der Waals surface area contributed by atoms with Crippen LogP contribution in [-0.4, -0.2) is 48.3 Å². The highest BCUT2D eigenvalue weighted by Gasteiger charge is 2.30. The average molecular weight is 200 g/mol. The van der Waals surface area contributed by atoms with Crippen molar-refractivity contribution in [1.29, 1.82) is 0 Å². The van der Waals surface area contributed by atoms with E-state index in [1.807, 2.05) is 0 Å². The maximum absolute atomic E-state index is 9.48. The summed E-state index contributed by atoms with van der Waals surface area (Å²) in [7, 11) is 0. The van der Waals surface area contributed by atoms with Crippen molar-refractivity contribution in [1.82, 2.24) is 10.2 Å². The Bertz CT molecular complexity index is 163. The van der Waals surface area contributed by atoms with Crippen molar-refractivity contribution in [2.45, 2.75) is 38.6 Å². The Labute approximate surface area is 87.5 Å². The molecule has 0 spiro atoms. The summed E-state index contributed by atoms with van der Waals surface area (Å²) in [4.78, 5) is 2.47. The third-order valence-corrected chi connectivity index (χ3v) is 3.34. The predicted octanol–water partition coefficient (Wildman–Crippen LogP) is 0.833. The molecule has 0 amide bonds. The van der Waals surface area contributed by atoms with E-state index in [0.717, 1.165) is 32.5 Å². The van der Waals surface area contributed by atoms with Crippen LogP contribution in [0.2, 0.25) is 0 Å². The van der Waals surface area contributed by atoms with Gasteiger partial charge in [-0.15, -0.1) is 0 Å². The first-order valence-electron chi connectivity index (χ1n) is 5.84. The van der Waals surface area contributed by atoms with Crippen molar-refractivity contribution in [3.8, 4) is 0 Å². The summed E-state index contributed by atoms with van der Waals surface area (Å²) in [6, 6.07) is 0. The highest BCUT2D eigenvalue weighted by Crippen LogP contribution is 2.21. The van der Waals surface area contributed by atoms with Crippen LogP contribution in [0.25, 0.3) is 0 Å². The monoisotopic (exact) mass is 200 g/mol. The Morgan fingerprint density at radius 3 is 2.64 bits per heavy atom. The van der Waals surface area contributed by atoms with E-state index in [9.17, 15) is 5.11 Å². The van der Waals surface area contributed by atoms with Gasteiger partial charge in [0, 0.05) is 5.54 Å². The molecule has 1 rings (SSSR count). The molecule has 1 aliphatic rings. The standard InChI is InChI=1S/C11H24N2O/c1-3-12-11(10-14)6-5-8-13(4-2)9-7-11/h12,14H,3-10H2,1-2H3. The van der Waals surface area contributed by atoms with Gasteiger partial charge in [-0.25, -0.2) is 0 Å². The number of likely N-dealkylation sites (N-methyl/N-ethyl adjacent to an activating group) is 1. The van der Waals surface area contributed by atoms with Crippen LogP contribution in [0.5, 0.6) is 0 Å². The number of rotatable bonds is 4. The van der Waals surface area contributed by atoms with E-state index >= 15 is 0 Å². The second-order valence-corrected chi connectivity index (χ2v) is 4.26. The van der Waals surface area contributed by atoms with Gasteiger partial charge in [0.05, 0.1) is 6.61 Å². The summed E-state index contributed by atoms with van der Waals surface area (Å²) in [5.74, 6) is 0. The molecule has 0 aromatic heterocycles. The van der Waals surface area contributed by atoms with Crippen molar-refractivity contribution < 1.29 is 5.11 Å². The summed E-state index contributed by atoms with van der Waals surface area (Å²) in [5.41, 5.74) is -0.00132. The van der Waals surface area contributed by atoms with Crippen molar-refractivity contribution in [2.24, 2.45) is 0 Å². The van der Waals surface area contributed by atoms with Crippen LogP contribution < -0.4 is 5.32 Å². The van der Waals surface area contributed by atoms with E-state index in [1.54, 1.807) is 0 Å². The van der Waals surface area contributed by atoms with Gasteiger partial charge in [0.2, 0.25) is 0 Å². The van der Waals surface area contributed by atoms with Crippen LogP contribution in [0.1, 0.15) is 33.1 Å². The van der Waals surface area contributed by atoms with Crippen molar-refractivity contribution >= 4 is 0 Å². The molecular weight excluding hydrogens is 176 g/mol. The zero-order valence-electron chi connectivity index (χ0n) is 9.55. The molecule has 1 saturated heterocycles. The van der Waals surface area contributed by atoms with E-state index in [4.69, 9.17) is 0 Å². The van der Waals surface area contributed by atoms with E-state index in [-0.39, 0.29) is 12.1 Å². The first kappa shape index (κ1) is 12.0. The zero-order chi connectivity index (χ0) is 10.4. The molecule has 84 valence electrons. The summed E-state index contributed by atoms with van der Waals surface area (Å²) in [6.45, 7) is 8.98. The number of likely N-dealkylation sites (tertiary alicyclic amines) is 1. The minimum atomic E-state index is -0.00132. The minimum absolute atomic E-state index is 0.00132. The fourth-order valence-corrected chi connectivity index (χ4v) is 2.33. The van der Waals surface area contributed by atoms with E-state index in [0.29, 0.717) is 0 Å². The van der Waals surface area contributed by atoms with E-state index < -0.39 is 0 Å². The number of hydrogen-bond donors (Lipinski definition) is 2. The Hall–Kier alpha value is -0.120. The highest BCUT2D eigenvalue weighted by atomic mass is 16.3. The SMILES string of the molecule is CCNC1(CO)CCCN(CC)CC1. The zero-order valence-corrected chi connectivity index (χ0v) is 9.55. The van der Waals surface area contributed by atoms with E-state index in [2.05, 4.69) is 24.1 Å². The summed E-state index contributed by atoms with van der Waals surface area (Å²) in [6.07, 6.45) is 3.38. The van der Waals surface area contributed by atoms with Gasteiger partial charge in [-0.1, -0.05) is 13.8 Å². The van der Waals surface area contributed by atoms with Crippen LogP contribution in [0, 0.1) is 0 Å². The van der Waals surface area contributed by atoms with Gasteiger partial charge in [-0.05, 0) is 45.4 Å². The third kappa shape index (κ3) is 2.94. The lowest BCUT2D eigenvalue weighted by molar-refractivity contribution is 0.145. The fourth-order valence-electron chi connectivity index (χ4n) is 2.33. The van der Waals surface area contributed by atoms with Crippen LogP contribution in [-0.2, 0) is 0 Å². The maximum Gasteiger partial charge on any atom is 0.0613 e. The van der Waals surface area contributed by atoms with Crippen LogP contribution in [0.3, 0.4) is 0 Å². The summed E-state index contributed by atoms with van der Waals surface area (Å²) < 4.78 is 0. The average Bonchev–Trinajstić information content (AvgIpc) is 2.42. The lowest BCUT2D eigenvalue weighted by Crippen LogP contribution is -2.49. The van der Waals surface area contributed by atoms with Gasteiger partial charge in [-0.3, -0.25) is 0 Å². The normalized spacial score (nSPS) is 30.2. The second kappa shape index (κ2) is 5.69. The van der Waals surface area contributed by atoms with Crippen molar-refractivity contribution in [2.75, 3.05) is 32.8 Å². The highest BCUT2D eigenvalue weighted by molar-refractivity contribution is 4.90. The smallest absolute Gasteiger partial charge is 0.0613 e. The molecule has 14 heavy (non-hydrogen) atoms. The minimum Gasteiger partial charge on any atom is -0.394 e. The van der Waals surface area contributed by atoms with Gasteiger partial charge in [0.25, 0.3) is 0 Å². The molecule has 0 saturated carbocycles. The Morgan fingerprint density at radius 2 is 2.07 bits per heavy atom. The van der Waals surface area contributed by atoms with Gasteiger partial charge < -0.3 is 15.3 Å². The maximum atomic E-state index is 9.48. The van der Waals surface area contributed by atoms with Gasteiger partial charge in [-0.2, -0.15) is 0 Å².